The molecule has 0 aromatic rings. The first-order chi connectivity index (χ1) is 8.49. The molecule has 0 unspecified atom stereocenters. The minimum absolute atomic E-state index is 0.703. The lowest BCUT2D eigenvalue weighted by atomic mass is 9.90. The summed E-state index contributed by atoms with van der Waals surface area (Å²) in [6.45, 7) is 12.3. The monoisotopic (exact) mass is 250 g/mol. The number of rotatable bonds is 6. The van der Waals surface area contributed by atoms with Crippen LogP contribution < -0.4 is 0 Å². The van der Waals surface area contributed by atoms with Crippen molar-refractivity contribution in [1.82, 2.24) is 9.80 Å². The van der Waals surface area contributed by atoms with Crippen molar-refractivity contribution in [2.75, 3.05) is 33.7 Å². The van der Waals surface area contributed by atoms with Gasteiger partial charge in [-0.25, -0.2) is 0 Å². The molecule has 1 heterocycles. The summed E-state index contributed by atoms with van der Waals surface area (Å²) in [6, 6.07) is 0.703. The molecule has 104 valence electrons. The molecule has 1 rings (SSSR count). The lowest BCUT2D eigenvalue weighted by molar-refractivity contribution is 0.149. The van der Waals surface area contributed by atoms with Gasteiger partial charge in [-0.15, -0.1) is 0 Å². The summed E-state index contributed by atoms with van der Waals surface area (Å²) in [7, 11) is 4.18. The molecule has 1 fully saturated rings. The summed E-state index contributed by atoms with van der Waals surface area (Å²) in [4.78, 5) is 4.76. The van der Waals surface area contributed by atoms with E-state index < -0.39 is 0 Å². The smallest absolute Gasteiger partial charge is 0.0160 e. The molecular formula is C16H30N2. The van der Waals surface area contributed by atoms with E-state index in [0.29, 0.717) is 6.04 Å². The van der Waals surface area contributed by atoms with Gasteiger partial charge in [0.05, 0.1) is 0 Å². The van der Waals surface area contributed by atoms with E-state index in [1.807, 2.05) is 0 Å². The first-order valence-electron chi connectivity index (χ1n) is 7.22. The Labute approximate surface area is 113 Å². The van der Waals surface area contributed by atoms with E-state index in [9.17, 15) is 0 Å². The molecule has 0 bridgehead atoms. The van der Waals surface area contributed by atoms with Gasteiger partial charge in [-0.3, -0.25) is 0 Å². The lowest BCUT2D eigenvalue weighted by Crippen LogP contribution is -2.38. The van der Waals surface area contributed by atoms with Crippen LogP contribution in [0.2, 0.25) is 0 Å². The standard InChI is InChI=1S/C16H30N2/c1-14(2)18-11-8-16(9-12-18)13-15(3)7-6-10-17(4)5/h6-7,14,16H,3,8-13H2,1-2,4-5H3/b7-6+. The summed E-state index contributed by atoms with van der Waals surface area (Å²) in [5.41, 5.74) is 1.29. The van der Waals surface area contributed by atoms with E-state index in [1.54, 1.807) is 0 Å². The Bertz CT molecular complexity index is 271. The SMILES string of the molecule is C=C(/C=C/CN(C)C)CC1CCN(C(C)C)CC1. The van der Waals surface area contributed by atoms with E-state index in [2.05, 4.69) is 56.5 Å². The maximum Gasteiger partial charge on any atom is 0.0160 e. The maximum absolute atomic E-state index is 4.18. The predicted octanol–water partition coefficient (Wildman–Crippen LogP) is 3.17. The molecule has 0 N–H and O–H groups in total. The highest BCUT2D eigenvalue weighted by Crippen LogP contribution is 2.24. The average Bonchev–Trinajstić information content (AvgIpc) is 2.29. The molecule has 2 heteroatoms. The van der Waals surface area contributed by atoms with Gasteiger partial charge in [0.1, 0.15) is 0 Å². The van der Waals surface area contributed by atoms with Crippen LogP contribution in [-0.4, -0.2) is 49.6 Å². The molecule has 1 aliphatic rings. The quantitative estimate of drug-likeness (QED) is 0.668. The van der Waals surface area contributed by atoms with Crippen molar-refractivity contribution in [3.05, 3.63) is 24.3 Å². The topological polar surface area (TPSA) is 6.48 Å². The zero-order chi connectivity index (χ0) is 13.5. The number of likely N-dealkylation sites (tertiary alicyclic amines) is 1. The second-order valence-electron chi connectivity index (χ2n) is 6.10. The Morgan fingerprint density at radius 3 is 2.44 bits per heavy atom. The largest absolute Gasteiger partial charge is 0.306 e. The van der Waals surface area contributed by atoms with Gasteiger partial charge in [-0.1, -0.05) is 24.3 Å². The Morgan fingerprint density at radius 2 is 1.94 bits per heavy atom. The van der Waals surface area contributed by atoms with Crippen molar-refractivity contribution >= 4 is 0 Å². The van der Waals surface area contributed by atoms with Crippen LogP contribution in [-0.2, 0) is 0 Å². The third kappa shape index (κ3) is 5.83. The molecule has 1 saturated heterocycles. The van der Waals surface area contributed by atoms with Crippen molar-refractivity contribution in [3.8, 4) is 0 Å². The first kappa shape index (κ1) is 15.5. The Morgan fingerprint density at radius 1 is 1.33 bits per heavy atom. The summed E-state index contributed by atoms with van der Waals surface area (Å²) in [5.74, 6) is 0.844. The summed E-state index contributed by atoms with van der Waals surface area (Å²) >= 11 is 0. The molecule has 1 aliphatic heterocycles. The molecule has 0 saturated carbocycles. The third-order valence-corrected chi connectivity index (χ3v) is 3.75. The summed E-state index contributed by atoms with van der Waals surface area (Å²) < 4.78 is 0. The van der Waals surface area contributed by atoms with Gasteiger partial charge in [0.2, 0.25) is 0 Å². The molecule has 2 nitrogen and oxygen atoms in total. The van der Waals surface area contributed by atoms with Crippen LogP contribution in [0.3, 0.4) is 0 Å². The van der Waals surface area contributed by atoms with Crippen LogP contribution in [0.4, 0.5) is 0 Å². The third-order valence-electron chi connectivity index (χ3n) is 3.75. The molecule has 0 radical (unpaired) electrons. The van der Waals surface area contributed by atoms with Gasteiger partial charge in [0, 0.05) is 12.6 Å². The normalized spacial score (nSPS) is 19.2. The molecule has 18 heavy (non-hydrogen) atoms. The fraction of sp³-hybridized carbons (Fsp3) is 0.750. The van der Waals surface area contributed by atoms with E-state index in [1.165, 1.54) is 37.9 Å². The van der Waals surface area contributed by atoms with E-state index in [0.717, 1.165) is 12.5 Å². The minimum atomic E-state index is 0.703. The van der Waals surface area contributed by atoms with Crippen LogP contribution in [0.25, 0.3) is 0 Å². The van der Waals surface area contributed by atoms with Gasteiger partial charge < -0.3 is 9.80 Å². The highest BCUT2D eigenvalue weighted by molar-refractivity contribution is 5.15. The van der Waals surface area contributed by atoms with Crippen LogP contribution in [0.5, 0.6) is 0 Å². The zero-order valence-electron chi connectivity index (χ0n) is 12.7. The Hall–Kier alpha value is -0.600. The lowest BCUT2D eigenvalue weighted by Gasteiger charge is -2.34. The number of hydrogen-bond acceptors (Lipinski definition) is 2. The Kier molecular flexibility index (Phi) is 6.66. The summed E-state index contributed by atoms with van der Waals surface area (Å²) in [6.07, 6.45) is 8.26. The van der Waals surface area contributed by atoms with Crippen LogP contribution in [0.1, 0.15) is 33.1 Å². The molecular weight excluding hydrogens is 220 g/mol. The van der Waals surface area contributed by atoms with E-state index in [-0.39, 0.29) is 0 Å². The second-order valence-corrected chi connectivity index (χ2v) is 6.10. The van der Waals surface area contributed by atoms with Crippen molar-refractivity contribution in [1.29, 1.82) is 0 Å². The van der Waals surface area contributed by atoms with Gasteiger partial charge in [0.15, 0.2) is 0 Å². The van der Waals surface area contributed by atoms with Crippen molar-refractivity contribution < 1.29 is 0 Å². The van der Waals surface area contributed by atoms with Gasteiger partial charge in [-0.2, -0.15) is 0 Å². The predicted molar refractivity (Wildman–Crippen MR) is 80.9 cm³/mol. The van der Waals surface area contributed by atoms with Crippen molar-refractivity contribution in [3.63, 3.8) is 0 Å². The van der Waals surface area contributed by atoms with E-state index in [4.69, 9.17) is 0 Å². The second kappa shape index (κ2) is 7.75. The van der Waals surface area contributed by atoms with Crippen molar-refractivity contribution in [2.24, 2.45) is 5.92 Å². The molecule has 0 aliphatic carbocycles. The zero-order valence-corrected chi connectivity index (χ0v) is 12.7. The van der Waals surface area contributed by atoms with Crippen molar-refractivity contribution in [2.45, 2.75) is 39.2 Å². The maximum atomic E-state index is 4.18. The van der Waals surface area contributed by atoms with E-state index >= 15 is 0 Å². The number of likely N-dealkylation sites (N-methyl/N-ethyl adjacent to an activating group) is 1. The molecule has 0 spiro atoms. The Balaban J connectivity index is 2.24. The number of hydrogen-bond donors (Lipinski definition) is 0. The molecule has 0 atom stereocenters. The first-order valence-corrected chi connectivity index (χ1v) is 7.22. The molecule has 0 aromatic carbocycles. The highest BCUT2D eigenvalue weighted by atomic mass is 15.1. The number of piperidine rings is 1. The average molecular weight is 250 g/mol. The molecule has 0 amide bonds. The number of nitrogens with zero attached hydrogens (tertiary/aromatic N) is 2. The minimum Gasteiger partial charge on any atom is -0.306 e. The highest BCUT2D eigenvalue weighted by Gasteiger charge is 2.20. The fourth-order valence-corrected chi connectivity index (χ4v) is 2.54. The fourth-order valence-electron chi connectivity index (χ4n) is 2.54. The van der Waals surface area contributed by atoms with Gasteiger partial charge in [0.25, 0.3) is 0 Å². The van der Waals surface area contributed by atoms with Crippen LogP contribution in [0.15, 0.2) is 24.3 Å². The van der Waals surface area contributed by atoms with Crippen LogP contribution >= 0.6 is 0 Å². The van der Waals surface area contributed by atoms with Gasteiger partial charge >= 0.3 is 0 Å². The summed E-state index contributed by atoms with van der Waals surface area (Å²) in [5, 5.41) is 0. The van der Waals surface area contributed by atoms with Crippen LogP contribution in [0, 0.1) is 5.92 Å². The molecule has 0 aromatic heterocycles. The number of allylic oxidation sites excluding steroid dienone is 2. The van der Waals surface area contributed by atoms with Gasteiger partial charge in [-0.05, 0) is 66.2 Å².